The van der Waals surface area contributed by atoms with Crippen LogP contribution in [0.25, 0.3) is 82.7 Å². The van der Waals surface area contributed by atoms with Gasteiger partial charge in [0, 0.05) is 14.9 Å². The van der Waals surface area contributed by atoms with Gasteiger partial charge in [-0.1, -0.05) is 142 Å². The monoisotopic (exact) mass is 749 g/mol. The quantitative estimate of drug-likeness (QED) is 0.164. The van der Waals surface area contributed by atoms with E-state index in [0.717, 1.165) is 49.2 Å². The van der Waals surface area contributed by atoms with Crippen LogP contribution in [0.4, 0.5) is 0 Å². The van der Waals surface area contributed by atoms with Gasteiger partial charge in [0.05, 0.1) is 22.3 Å². The van der Waals surface area contributed by atoms with Crippen molar-refractivity contribution in [3.8, 4) is 28.2 Å². The largest absolute Gasteiger partial charge is 0.455 e. The predicted molar refractivity (Wildman–Crippen MR) is 245 cm³/mol. The third kappa shape index (κ3) is 6.14. The summed E-state index contributed by atoms with van der Waals surface area (Å²) >= 11 is 0. The number of furan rings is 1. The SMILES string of the molecule is [2H]C([2H])([2H])c1ccc(-c2nc3ccccc3n2-c2c(C(C)C)cc(-c3cc(C(C)(C)C)cc(C(C)(C)C)c3)cc2C(C)C)c2oc3cc4c(ccc5ccccc54)cc3c12. The van der Waals surface area contributed by atoms with Crippen molar-refractivity contribution in [1.82, 2.24) is 9.55 Å². The molecule has 0 aliphatic carbocycles. The van der Waals surface area contributed by atoms with Crippen LogP contribution in [0.2, 0.25) is 0 Å². The Bertz CT molecular complexity index is 3100. The van der Waals surface area contributed by atoms with E-state index in [4.69, 9.17) is 13.5 Å². The number of nitrogens with zero attached hydrogens (tertiary/aromatic N) is 2. The molecule has 2 heterocycles. The highest BCUT2D eigenvalue weighted by Gasteiger charge is 2.27. The van der Waals surface area contributed by atoms with Crippen molar-refractivity contribution >= 4 is 54.5 Å². The van der Waals surface area contributed by atoms with Crippen LogP contribution in [0, 0.1) is 6.85 Å². The van der Waals surface area contributed by atoms with Crippen molar-refractivity contribution in [2.75, 3.05) is 0 Å². The predicted octanol–water partition coefficient (Wildman–Crippen LogP) is 15.7. The summed E-state index contributed by atoms with van der Waals surface area (Å²) in [4.78, 5) is 5.39. The average Bonchev–Trinajstić information content (AvgIpc) is 3.76. The zero-order valence-corrected chi connectivity index (χ0v) is 34.9. The number of aromatic nitrogens is 2. The molecule has 7 aromatic carbocycles. The molecule has 0 atom stereocenters. The van der Waals surface area contributed by atoms with Gasteiger partial charge in [0.25, 0.3) is 0 Å². The number of hydrogen-bond donors (Lipinski definition) is 0. The Hall–Kier alpha value is -5.67. The lowest BCUT2D eigenvalue weighted by Gasteiger charge is -2.28. The fourth-order valence-electron chi connectivity index (χ4n) is 8.64. The number of fused-ring (bicyclic) bond motifs is 7. The van der Waals surface area contributed by atoms with Crippen LogP contribution in [-0.4, -0.2) is 9.55 Å². The highest BCUT2D eigenvalue weighted by atomic mass is 16.3. The molecule has 0 radical (unpaired) electrons. The molecule has 3 heteroatoms. The summed E-state index contributed by atoms with van der Waals surface area (Å²) in [5.41, 5.74) is 12.6. The van der Waals surface area contributed by atoms with Gasteiger partial charge in [0.1, 0.15) is 17.0 Å². The molecule has 9 rings (SSSR count). The first-order valence-electron chi connectivity index (χ1n) is 21.9. The number of hydrogen-bond acceptors (Lipinski definition) is 2. The lowest BCUT2D eigenvalue weighted by Crippen LogP contribution is -2.16. The minimum absolute atomic E-state index is 0.0139. The van der Waals surface area contributed by atoms with Crippen molar-refractivity contribution in [2.24, 2.45) is 0 Å². The fraction of sp³-hybridized carbons (Fsp3) is 0.278. The Labute approximate surface area is 341 Å². The van der Waals surface area contributed by atoms with Crippen molar-refractivity contribution in [3.05, 3.63) is 143 Å². The van der Waals surface area contributed by atoms with Crippen LogP contribution in [0.3, 0.4) is 0 Å². The smallest absolute Gasteiger partial charge is 0.149 e. The van der Waals surface area contributed by atoms with E-state index in [2.05, 4.69) is 165 Å². The molecular formula is C54H54N2O. The topological polar surface area (TPSA) is 31.0 Å². The second kappa shape index (κ2) is 13.2. The summed E-state index contributed by atoms with van der Waals surface area (Å²) in [7, 11) is 0. The number of imidazole rings is 1. The maximum absolute atomic E-state index is 8.69. The molecule has 0 bridgehead atoms. The maximum Gasteiger partial charge on any atom is 0.149 e. The summed E-state index contributed by atoms with van der Waals surface area (Å²) in [6.45, 7) is 20.5. The fourth-order valence-corrected chi connectivity index (χ4v) is 8.64. The van der Waals surface area contributed by atoms with Gasteiger partial charge < -0.3 is 4.42 Å². The molecule has 286 valence electrons. The molecule has 57 heavy (non-hydrogen) atoms. The molecule has 0 unspecified atom stereocenters. The van der Waals surface area contributed by atoms with Crippen LogP contribution < -0.4 is 0 Å². The summed E-state index contributed by atoms with van der Waals surface area (Å²) in [5.74, 6) is 1.06. The van der Waals surface area contributed by atoms with Crippen LogP contribution in [0.15, 0.2) is 120 Å². The lowest BCUT2D eigenvalue weighted by atomic mass is 9.78. The van der Waals surface area contributed by atoms with E-state index < -0.39 is 6.85 Å². The molecule has 9 aromatic rings. The van der Waals surface area contributed by atoms with Gasteiger partial charge in [-0.05, 0) is 132 Å². The molecule has 3 nitrogen and oxygen atoms in total. The van der Waals surface area contributed by atoms with Gasteiger partial charge in [-0.15, -0.1) is 0 Å². The molecule has 0 spiro atoms. The lowest BCUT2D eigenvalue weighted by molar-refractivity contribution is 0.569. The van der Waals surface area contributed by atoms with Gasteiger partial charge in [-0.25, -0.2) is 4.98 Å². The summed E-state index contributed by atoms with van der Waals surface area (Å²) in [6.07, 6.45) is 0. The summed E-state index contributed by atoms with van der Waals surface area (Å²) in [6, 6.07) is 40.6. The van der Waals surface area contributed by atoms with E-state index >= 15 is 0 Å². The van der Waals surface area contributed by atoms with E-state index in [-0.39, 0.29) is 28.2 Å². The van der Waals surface area contributed by atoms with Gasteiger partial charge in [0.2, 0.25) is 0 Å². The molecule has 2 aromatic heterocycles. The molecule has 0 fully saturated rings. The number of para-hydroxylation sites is 2. The van der Waals surface area contributed by atoms with Crippen LogP contribution in [-0.2, 0) is 10.8 Å². The standard InChI is InChI=1S/C54H54N2O/c1-31(2)42-27-37(36-24-38(53(6,7)8)29-39(25-36)54(9,10)11)28-43(32(3)4)50(42)56-47-19-15-14-18-46(47)55-52(56)41-23-20-33(5)49-45-26-35-22-21-34-16-12-13-17-40(34)44(35)30-48(45)57-51(41)49/h12-32H,1-11H3/i5D3. The van der Waals surface area contributed by atoms with Gasteiger partial charge in [0.15, 0.2) is 0 Å². The Morgan fingerprint density at radius 3 is 1.91 bits per heavy atom. The van der Waals surface area contributed by atoms with Gasteiger partial charge >= 0.3 is 0 Å². The number of aryl methyl sites for hydroxylation is 1. The summed E-state index contributed by atoms with van der Waals surface area (Å²) in [5, 5.41) is 5.75. The minimum atomic E-state index is -2.37. The van der Waals surface area contributed by atoms with E-state index in [9.17, 15) is 0 Å². The summed E-state index contributed by atoms with van der Waals surface area (Å²) < 4.78 is 35.3. The van der Waals surface area contributed by atoms with Gasteiger partial charge in [-0.2, -0.15) is 0 Å². The second-order valence-electron chi connectivity index (χ2n) is 18.7. The zero-order valence-electron chi connectivity index (χ0n) is 37.9. The van der Waals surface area contributed by atoms with E-state index in [1.54, 1.807) is 6.07 Å². The van der Waals surface area contributed by atoms with Crippen molar-refractivity contribution in [3.63, 3.8) is 0 Å². The third-order valence-corrected chi connectivity index (χ3v) is 11.9. The second-order valence-corrected chi connectivity index (χ2v) is 18.7. The molecule has 0 aliphatic heterocycles. The van der Waals surface area contributed by atoms with Gasteiger partial charge in [-0.3, -0.25) is 4.57 Å². The first-order chi connectivity index (χ1) is 28.3. The molecule has 0 N–H and O–H groups in total. The van der Waals surface area contributed by atoms with Crippen molar-refractivity contribution in [2.45, 2.75) is 98.8 Å². The van der Waals surface area contributed by atoms with E-state index in [1.807, 2.05) is 18.2 Å². The number of rotatable bonds is 5. The molecule has 0 aliphatic rings. The first kappa shape index (κ1) is 33.5. The highest BCUT2D eigenvalue weighted by molar-refractivity contribution is 6.18. The minimum Gasteiger partial charge on any atom is -0.455 e. The number of benzene rings is 7. The molecular weight excluding hydrogens is 693 g/mol. The molecule has 0 saturated carbocycles. The average molecular weight is 750 g/mol. The first-order valence-corrected chi connectivity index (χ1v) is 20.4. The van der Waals surface area contributed by atoms with E-state index in [1.165, 1.54) is 33.4 Å². The van der Waals surface area contributed by atoms with Crippen LogP contribution in [0.5, 0.6) is 0 Å². The van der Waals surface area contributed by atoms with E-state index in [0.29, 0.717) is 22.4 Å². The maximum atomic E-state index is 8.69. The zero-order chi connectivity index (χ0) is 42.6. The third-order valence-electron chi connectivity index (χ3n) is 11.9. The van der Waals surface area contributed by atoms with Crippen molar-refractivity contribution < 1.29 is 8.53 Å². The van der Waals surface area contributed by atoms with Crippen LogP contribution >= 0.6 is 0 Å². The Morgan fingerprint density at radius 2 is 1.25 bits per heavy atom. The normalized spacial score (nSPS) is 13.8. The molecule has 0 saturated heterocycles. The molecule has 0 amide bonds. The highest BCUT2D eigenvalue weighted by Crippen LogP contribution is 2.45. The Balaban J connectivity index is 1.36. The Morgan fingerprint density at radius 1 is 0.614 bits per heavy atom. The Kier molecular flexibility index (Phi) is 7.75. The van der Waals surface area contributed by atoms with Crippen molar-refractivity contribution in [1.29, 1.82) is 0 Å². The van der Waals surface area contributed by atoms with Crippen LogP contribution in [0.1, 0.15) is 113 Å².